The molecule has 0 aliphatic carbocycles. The second-order valence-electron chi connectivity index (χ2n) is 8.46. The standard InChI is InChI=1S/C23H33IO4/c1-17(12-14-26-15-18-6-8-19(25-4)9-7-18)5-10-20-22(2,27-20)13-11-21-23(3,16-24)28-21/h6-9,12,20-21H,5,10-11,13-16H2,1-4H3/b17-12+/t20-,21-,22-,23-/m0/s1. The molecular weight excluding hydrogens is 467 g/mol. The first-order valence-electron chi connectivity index (χ1n) is 10.2. The summed E-state index contributed by atoms with van der Waals surface area (Å²) in [4.78, 5) is 0. The Hall–Kier alpha value is -0.630. The summed E-state index contributed by atoms with van der Waals surface area (Å²) in [5, 5.41) is 0. The highest BCUT2D eigenvalue weighted by Gasteiger charge is 2.55. The molecule has 2 aliphatic rings. The summed E-state index contributed by atoms with van der Waals surface area (Å²) in [6.45, 7) is 7.91. The van der Waals surface area contributed by atoms with E-state index in [0.29, 0.717) is 25.4 Å². The minimum atomic E-state index is 0.0588. The van der Waals surface area contributed by atoms with Gasteiger partial charge in [-0.2, -0.15) is 0 Å². The van der Waals surface area contributed by atoms with E-state index in [1.54, 1.807) is 7.11 Å². The zero-order valence-electron chi connectivity index (χ0n) is 17.5. The molecule has 0 unspecified atom stereocenters. The van der Waals surface area contributed by atoms with Gasteiger partial charge in [-0.3, -0.25) is 0 Å². The quantitative estimate of drug-likeness (QED) is 0.126. The summed E-state index contributed by atoms with van der Waals surface area (Å²) in [6.07, 6.45) is 7.37. The average Bonchev–Trinajstić information content (AvgIpc) is 3.57. The van der Waals surface area contributed by atoms with Crippen LogP contribution in [0.25, 0.3) is 0 Å². The van der Waals surface area contributed by atoms with Gasteiger partial charge in [0, 0.05) is 4.43 Å². The van der Waals surface area contributed by atoms with Gasteiger partial charge in [-0.05, 0) is 64.2 Å². The zero-order valence-corrected chi connectivity index (χ0v) is 19.7. The van der Waals surface area contributed by atoms with Crippen molar-refractivity contribution in [3.8, 4) is 5.75 Å². The summed E-state index contributed by atoms with van der Waals surface area (Å²) in [5.74, 6) is 0.873. The molecule has 2 heterocycles. The fourth-order valence-electron chi connectivity index (χ4n) is 3.63. The monoisotopic (exact) mass is 500 g/mol. The lowest BCUT2D eigenvalue weighted by molar-refractivity contribution is 0.148. The first kappa shape index (κ1) is 22.1. The fraction of sp³-hybridized carbons (Fsp3) is 0.652. The number of hydrogen-bond acceptors (Lipinski definition) is 4. The van der Waals surface area contributed by atoms with E-state index < -0.39 is 0 Å². The van der Waals surface area contributed by atoms with Crippen LogP contribution in [0.3, 0.4) is 0 Å². The van der Waals surface area contributed by atoms with Crippen molar-refractivity contribution in [2.75, 3.05) is 18.1 Å². The molecule has 0 spiro atoms. The van der Waals surface area contributed by atoms with E-state index in [4.69, 9.17) is 18.9 Å². The number of hydrogen-bond donors (Lipinski definition) is 0. The van der Waals surface area contributed by atoms with Crippen LogP contribution < -0.4 is 4.74 Å². The molecule has 1 aromatic rings. The molecule has 0 bridgehead atoms. The molecule has 0 saturated carbocycles. The van der Waals surface area contributed by atoms with Gasteiger partial charge in [-0.1, -0.05) is 46.4 Å². The molecule has 2 fully saturated rings. The molecule has 0 N–H and O–H groups in total. The normalized spacial score (nSPS) is 31.7. The number of halogens is 1. The van der Waals surface area contributed by atoms with Gasteiger partial charge in [-0.15, -0.1) is 0 Å². The largest absolute Gasteiger partial charge is 0.497 e. The van der Waals surface area contributed by atoms with Crippen LogP contribution >= 0.6 is 22.6 Å². The molecule has 156 valence electrons. The van der Waals surface area contributed by atoms with Crippen molar-refractivity contribution in [1.82, 2.24) is 0 Å². The number of rotatable bonds is 12. The summed E-state index contributed by atoms with van der Waals surface area (Å²) < 4.78 is 23.8. The zero-order chi connectivity index (χ0) is 20.2. The molecule has 0 aromatic heterocycles. The van der Waals surface area contributed by atoms with Gasteiger partial charge in [0.25, 0.3) is 0 Å². The minimum Gasteiger partial charge on any atom is -0.497 e. The minimum absolute atomic E-state index is 0.0588. The van der Waals surface area contributed by atoms with Crippen LogP contribution in [0, 0.1) is 0 Å². The molecule has 0 amide bonds. The van der Waals surface area contributed by atoms with E-state index in [2.05, 4.69) is 49.4 Å². The van der Waals surface area contributed by atoms with Gasteiger partial charge in [0.05, 0.1) is 38.1 Å². The maximum absolute atomic E-state index is 6.01. The summed E-state index contributed by atoms with van der Waals surface area (Å²) in [6, 6.07) is 8.00. The SMILES string of the molecule is COc1ccc(COC/C=C(\C)CC[C@@H]2O[C@@]2(C)CC[C@@H]2O[C@@]2(C)CI)cc1. The number of alkyl halides is 1. The van der Waals surface area contributed by atoms with Gasteiger partial charge in [0.1, 0.15) is 11.4 Å². The maximum atomic E-state index is 6.01. The number of methoxy groups -OCH3 is 1. The van der Waals surface area contributed by atoms with Crippen LogP contribution in [0.5, 0.6) is 5.75 Å². The first-order chi connectivity index (χ1) is 13.4. The maximum Gasteiger partial charge on any atom is 0.118 e. The molecule has 3 rings (SSSR count). The lowest BCUT2D eigenvalue weighted by Gasteiger charge is -2.07. The highest BCUT2D eigenvalue weighted by Crippen LogP contribution is 2.47. The predicted molar refractivity (Wildman–Crippen MR) is 120 cm³/mol. The molecule has 28 heavy (non-hydrogen) atoms. The van der Waals surface area contributed by atoms with Crippen LogP contribution in [-0.2, 0) is 20.8 Å². The number of allylic oxidation sites excluding steroid dienone is 1. The predicted octanol–water partition coefficient (Wildman–Crippen LogP) is 5.47. The molecule has 5 heteroatoms. The molecule has 4 atom stereocenters. The molecule has 1 aromatic carbocycles. The van der Waals surface area contributed by atoms with Crippen molar-refractivity contribution in [2.45, 2.75) is 76.5 Å². The van der Waals surface area contributed by atoms with Gasteiger partial charge in [-0.25, -0.2) is 0 Å². The number of benzene rings is 1. The Kier molecular flexibility index (Phi) is 7.45. The van der Waals surface area contributed by atoms with E-state index in [-0.39, 0.29) is 11.2 Å². The first-order valence-corrected chi connectivity index (χ1v) is 11.7. The Morgan fingerprint density at radius 3 is 2.43 bits per heavy atom. The Bertz CT molecular complexity index is 674. The molecule has 2 saturated heterocycles. The third-order valence-corrected chi connectivity index (χ3v) is 7.53. The summed E-state index contributed by atoms with van der Waals surface area (Å²) in [7, 11) is 1.68. The van der Waals surface area contributed by atoms with Crippen LogP contribution in [0.15, 0.2) is 35.9 Å². The van der Waals surface area contributed by atoms with E-state index in [1.807, 2.05) is 24.3 Å². The van der Waals surface area contributed by atoms with Crippen molar-refractivity contribution in [3.05, 3.63) is 41.5 Å². The van der Waals surface area contributed by atoms with Crippen molar-refractivity contribution >= 4 is 22.6 Å². The van der Waals surface area contributed by atoms with Crippen molar-refractivity contribution < 1.29 is 18.9 Å². The van der Waals surface area contributed by atoms with Gasteiger partial charge < -0.3 is 18.9 Å². The molecular formula is C23H33IO4. The highest BCUT2D eigenvalue weighted by atomic mass is 127. The van der Waals surface area contributed by atoms with Crippen LogP contribution in [0.2, 0.25) is 0 Å². The van der Waals surface area contributed by atoms with E-state index in [1.165, 1.54) is 5.57 Å². The lowest BCUT2D eigenvalue weighted by atomic mass is 9.94. The van der Waals surface area contributed by atoms with Crippen LogP contribution in [0.1, 0.15) is 52.0 Å². The Morgan fingerprint density at radius 1 is 1.11 bits per heavy atom. The molecule has 2 aliphatic heterocycles. The summed E-state index contributed by atoms with van der Waals surface area (Å²) in [5.41, 5.74) is 2.71. The topological polar surface area (TPSA) is 43.5 Å². The van der Waals surface area contributed by atoms with Gasteiger partial charge in [0.15, 0.2) is 0 Å². The Labute approximate surface area is 183 Å². The second-order valence-corrected chi connectivity index (χ2v) is 9.23. The number of epoxide rings is 2. The second kappa shape index (κ2) is 9.45. The van der Waals surface area contributed by atoms with Crippen molar-refractivity contribution in [2.24, 2.45) is 0 Å². The van der Waals surface area contributed by atoms with E-state index >= 15 is 0 Å². The third kappa shape index (κ3) is 5.94. The van der Waals surface area contributed by atoms with Gasteiger partial charge in [0.2, 0.25) is 0 Å². The average molecular weight is 500 g/mol. The van der Waals surface area contributed by atoms with E-state index in [0.717, 1.165) is 41.4 Å². The van der Waals surface area contributed by atoms with E-state index in [9.17, 15) is 0 Å². The Balaban J connectivity index is 1.28. The highest BCUT2D eigenvalue weighted by molar-refractivity contribution is 14.1. The third-order valence-electron chi connectivity index (χ3n) is 6.02. The van der Waals surface area contributed by atoms with Gasteiger partial charge >= 0.3 is 0 Å². The smallest absolute Gasteiger partial charge is 0.118 e. The molecule has 0 radical (unpaired) electrons. The number of ether oxygens (including phenoxy) is 4. The summed E-state index contributed by atoms with van der Waals surface area (Å²) >= 11 is 2.41. The van der Waals surface area contributed by atoms with Crippen LogP contribution in [0.4, 0.5) is 0 Å². The lowest BCUT2D eigenvalue weighted by Crippen LogP contribution is -2.15. The van der Waals surface area contributed by atoms with Crippen molar-refractivity contribution in [3.63, 3.8) is 0 Å². The van der Waals surface area contributed by atoms with Crippen LogP contribution in [-0.4, -0.2) is 41.6 Å². The van der Waals surface area contributed by atoms with Crippen molar-refractivity contribution in [1.29, 1.82) is 0 Å². The molecule has 4 nitrogen and oxygen atoms in total. The fourth-order valence-corrected chi connectivity index (χ4v) is 4.30. The Morgan fingerprint density at radius 2 is 1.79 bits per heavy atom.